The van der Waals surface area contributed by atoms with E-state index in [1.54, 1.807) is 6.07 Å². The van der Waals surface area contributed by atoms with Crippen LogP contribution in [-0.2, 0) is 10.0 Å². The van der Waals surface area contributed by atoms with E-state index < -0.39 is 10.0 Å². The number of benzene rings is 1. The molecular weight excluding hydrogens is 372 g/mol. The van der Waals surface area contributed by atoms with E-state index >= 15 is 0 Å². The Balaban J connectivity index is 2.48. The van der Waals surface area contributed by atoms with Crippen LogP contribution in [0.4, 0.5) is 0 Å². The normalized spacial score (nSPS) is 19.9. The Hall–Kier alpha value is -0.830. The van der Waals surface area contributed by atoms with Crippen molar-refractivity contribution in [1.29, 1.82) is 0 Å². The summed E-state index contributed by atoms with van der Waals surface area (Å²) in [5.74, 6) is 0.855. The second kappa shape index (κ2) is 7.16. The van der Waals surface area contributed by atoms with Crippen molar-refractivity contribution < 1.29 is 17.9 Å². The molecule has 0 aliphatic carbocycles. The van der Waals surface area contributed by atoms with Gasteiger partial charge in [0, 0.05) is 29.7 Å². The number of hydrogen-bond donors (Lipinski definition) is 1. The zero-order valence-corrected chi connectivity index (χ0v) is 15.1. The minimum atomic E-state index is -3.64. The van der Waals surface area contributed by atoms with E-state index in [0.717, 1.165) is 19.3 Å². The fourth-order valence-corrected chi connectivity index (χ4v) is 5.39. The summed E-state index contributed by atoms with van der Waals surface area (Å²) in [5.41, 5.74) is 5.75. The molecular formula is C14H21BrN2O4S. The summed E-state index contributed by atoms with van der Waals surface area (Å²) in [5, 5.41) is 0. The third-order valence-corrected chi connectivity index (χ3v) is 6.78. The Bertz CT molecular complexity index is 636. The van der Waals surface area contributed by atoms with Crippen molar-refractivity contribution in [3.05, 3.63) is 16.6 Å². The highest BCUT2D eigenvalue weighted by molar-refractivity contribution is 9.10. The van der Waals surface area contributed by atoms with Gasteiger partial charge in [-0.2, -0.15) is 4.31 Å². The lowest BCUT2D eigenvalue weighted by Gasteiger charge is -2.34. The maximum absolute atomic E-state index is 13.0. The first-order chi connectivity index (χ1) is 10.5. The highest BCUT2D eigenvalue weighted by Gasteiger charge is 2.34. The maximum atomic E-state index is 13.0. The summed E-state index contributed by atoms with van der Waals surface area (Å²) in [6, 6.07) is 2.94. The maximum Gasteiger partial charge on any atom is 0.244 e. The van der Waals surface area contributed by atoms with Crippen LogP contribution in [0.15, 0.2) is 21.5 Å². The standard InChI is InChI=1S/C14H21BrN2O4S/c1-20-12-7-11(15)14(8-13(12)21-2)22(18,19)17-6-4-3-5-10(17)9-16/h7-8,10H,3-6,9,16H2,1-2H3. The van der Waals surface area contributed by atoms with E-state index in [9.17, 15) is 8.42 Å². The molecule has 0 aromatic heterocycles. The Morgan fingerprint density at radius 3 is 2.50 bits per heavy atom. The lowest BCUT2D eigenvalue weighted by atomic mass is 10.1. The molecule has 0 spiro atoms. The van der Waals surface area contributed by atoms with Crippen LogP contribution in [0.2, 0.25) is 0 Å². The summed E-state index contributed by atoms with van der Waals surface area (Å²) in [6.07, 6.45) is 2.64. The topological polar surface area (TPSA) is 81.9 Å². The van der Waals surface area contributed by atoms with Gasteiger partial charge in [-0.1, -0.05) is 6.42 Å². The number of nitrogens with two attached hydrogens (primary N) is 1. The van der Waals surface area contributed by atoms with Gasteiger partial charge in [-0.25, -0.2) is 8.42 Å². The van der Waals surface area contributed by atoms with Gasteiger partial charge in [-0.15, -0.1) is 0 Å². The molecule has 0 amide bonds. The van der Waals surface area contributed by atoms with Crippen LogP contribution in [-0.4, -0.2) is 46.1 Å². The number of hydrogen-bond acceptors (Lipinski definition) is 5. The first-order valence-electron chi connectivity index (χ1n) is 7.09. The first kappa shape index (κ1) is 17.5. The van der Waals surface area contributed by atoms with Gasteiger partial charge in [-0.3, -0.25) is 0 Å². The molecule has 2 rings (SSSR count). The SMILES string of the molecule is COc1cc(Br)c(S(=O)(=O)N2CCCCC2CN)cc1OC. The van der Waals surface area contributed by atoms with Crippen LogP contribution in [0, 0.1) is 0 Å². The number of halogens is 1. The van der Waals surface area contributed by atoms with Crippen molar-refractivity contribution in [1.82, 2.24) is 4.31 Å². The summed E-state index contributed by atoms with van der Waals surface area (Å²) in [4.78, 5) is 0.172. The van der Waals surface area contributed by atoms with Crippen LogP contribution < -0.4 is 15.2 Å². The monoisotopic (exact) mass is 392 g/mol. The third-order valence-electron chi connectivity index (χ3n) is 3.87. The molecule has 8 heteroatoms. The fourth-order valence-electron chi connectivity index (χ4n) is 2.69. The van der Waals surface area contributed by atoms with Crippen LogP contribution in [0.3, 0.4) is 0 Å². The van der Waals surface area contributed by atoms with E-state index in [1.807, 2.05) is 0 Å². The summed E-state index contributed by atoms with van der Waals surface area (Å²) >= 11 is 3.32. The lowest BCUT2D eigenvalue weighted by Crippen LogP contribution is -2.47. The molecule has 2 N–H and O–H groups in total. The lowest BCUT2D eigenvalue weighted by molar-refractivity contribution is 0.257. The zero-order valence-electron chi connectivity index (χ0n) is 12.7. The zero-order chi connectivity index (χ0) is 16.3. The van der Waals surface area contributed by atoms with E-state index in [-0.39, 0.29) is 10.9 Å². The molecule has 1 heterocycles. The van der Waals surface area contributed by atoms with Crippen LogP contribution in [0.25, 0.3) is 0 Å². The smallest absolute Gasteiger partial charge is 0.244 e. The highest BCUT2D eigenvalue weighted by atomic mass is 79.9. The van der Waals surface area contributed by atoms with E-state index in [0.29, 0.717) is 29.1 Å². The van der Waals surface area contributed by atoms with E-state index in [4.69, 9.17) is 15.2 Å². The largest absolute Gasteiger partial charge is 0.493 e. The van der Waals surface area contributed by atoms with Crippen molar-refractivity contribution in [2.45, 2.75) is 30.2 Å². The summed E-state index contributed by atoms with van der Waals surface area (Å²) in [6.45, 7) is 0.815. The number of ether oxygens (including phenoxy) is 2. The Morgan fingerprint density at radius 1 is 1.27 bits per heavy atom. The van der Waals surface area contributed by atoms with Crippen molar-refractivity contribution in [2.24, 2.45) is 5.73 Å². The molecule has 1 unspecified atom stereocenters. The van der Waals surface area contributed by atoms with Crippen molar-refractivity contribution in [2.75, 3.05) is 27.3 Å². The molecule has 0 radical (unpaired) electrons. The predicted molar refractivity (Wildman–Crippen MR) is 87.8 cm³/mol. The summed E-state index contributed by atoms with van der Waals surface area (Å²) < 4.78 is 38.3. The highest BCUT2D eigenvalue weighted by Crippen LogP contribution is 2.37. The van der Waals surface area contributed by atoms with Gasteiger partial charge < -0.3 is 15.2 Å². The van der Waals surface area contributed by atoms with Crippen molar-refractivity contribution >= 4 is 26.0 Å². The minimum Gasteiger partial charge on any atom is -0.493 e. The Morgan fingerprint density at radius 2 is 1.91 bits per heavy atom. The van der Waals surface area contributed by atoms with Gasteiger partial charge in [0.2, 0.25) is 10.0 Å². The van der Waals surface area contributed by atoms with Gasteiger partial charge in [0.25, 0.3) is 0 Å². The van der Waals surface area contributed by atoms with Gasteiger partial charge in [0.05, 0.1) is 14.2 Å². The van der Waals surface area contributed by atoms with Gasteiger partial charge in [0.15, 0.2) is 11.5 Å². The molecule has 1 aliphatic rings. The molecule has 1 aromatic carbocycles. The molecule has 1 saturated heterocycles. The molecule has 6 nitrogen and oxygen atoms in total. The minimum absolute atomic E-state index is 0.154. The van der Waals surface area contributed by atoms with Gasteiger partial charge >= 0.3 is 0 Å². The number of rotatable bonds is 5. The first-order valence-corrected chi connectivity index (χ1v) is 9.32. The molecule has 1 aromatic rings. The van der Waals surface area contributed by atoms with E-state index in [1.165, 1.54) is 24.6 Å². The quantitative estimate of drug-likeness (QED) is 0.827. The second-order valence-corrected chi connectivity index (χ2v) is 7.85. The van der Waals surface area contributed by atoms with Crippen molar-refractivity contribution in [3.8, 4) is 11.5 Å². The average molecular weight is 393 g/mol. The molecule has 1 aliphatic heterocycles. The van der Waals surface area contributed by atoms with Gasteiger partial charge in [0.1, 0.15) is 4.90 Å². The molecule has 124 valence electrons. The Labute approximate surface area is 139 Å². The predicted octanol–water partition coefficient (Wildman–Crippen LogP) is 1.97. The fraction of sp³-hybridized carbons (Fsp3) is 0.571. The molecule has 0 bridgehead atoms. The Kier molecular flexibility index (Phi) is 5.70. The number of nitrogens with zero attached hydrogens (tertiary/aromatic N) is 1. The average Bonchev–Trinajstić information content (AvgIpc) is 2.54. The van der Waals surface area contributed by atoms with E-state index in [2.05, 4.69) is 15.9 Å². The number of methoxy groups -OCH3 is 2. The molecule has 0 saturated carbocycles. The number of piperidine rings is 1. The van der Waals surface area contributed by atoms with Crippen LogP contribution in [0.5, 0.6) is 11.5 Å². The van der Waals surface area contributed by atoms with Gasteiger partial charge in [-0.05, 0) is 34.8 Å². The third kappa shape index (κ3) is 3.24. The number of sulfonamides is 1. The second-order valence-electron chi connectivity index (χ2n) is 5.14. The molecule has 1 fully saturated rings. The molecule has 22 heavy (non-hydrogen) atoms. The summed E-state index contributed by atoms with van der Waals surface area (Å²) in [7, 11) is -0.655. The molecule has 1 atom stereocenters. The van der Waals surface area contributed by atoms with Crippen molar-refractivity contribution in [3.63, 3.8) is 0 Å². The van der Waals surface area contributed by atoms with Crippen LogP contribution >= 0.6 is 15.9 Å². The van der Waals surface area contributed by atoms with Crippen LogP contribution in [0.1, 0.15) is 19.3 Å².